The van der Waals surface area contributed by atoms with Crippen molar-refractivity contribution >= 4 is 0 Å². The lowest BCUT2D eigenvalue weighted by Gasteiger charge is -2.18. The van der Waals surface area contributed by atoms with E-state index in [4.69, 9.17) is 5.84 Å². The number of aryl methyl sites for hydroxylation is 2. The molecule has 2 rings (SSSR count). The second kappa shape index (κ2) is 6.63. The third-order valence-electron chi connectivity index (χ3n) is 3.38. The number of hydrazine groups is 1. The molecule has 0 bridgehead atoms. The van der Waals surface area contributed by atoms with Crippen LogP contribution in [0, 0.1) is 12.7 Å². The summed E-state index contributed by atoms with van der Waals surface area (Å²) in [5.74, 6) is 6.28. The van der Waals surface area contributed by atoms with Gasteiger partial charge < -0.3 is 4.57 Å². The molecule has 1 heterocycles. The molecule has 0 aliphatic rings. The Balaban J connectivity index is 2.24. The lowest BCUT2D eigenvalue weighted by atomic mass is 10.0. The van der Waals surface area contributed by atoms with Gasteiger partial charge in [0.1, 0.15) is 11.6 Å². The van der Waals surface area contributed by atoms with E-state index in [-0.39, 0.29) is 11.9 Å². The van der Waals surface area contributed by atoms with Gasteiger partial charge in [-0.3, -0.25) is 11.3 Å². The first-order valence-electron chi connectivity index (χ1n) is 6.88. The predicted molar refractivity (Wildman–Crippen MR) is 77.4 cm³/mol. The average molecular weight is 276 g/mol. The first-order valence-corrected chi connectivity index (χ1v) is 6.88. The maximum Gasteiger partial charge on any atom is 0.128 e. The molecule has 0 saturated heterocycles. The molecule has 0 aliphatic carbocycles. The lowest BCUT2D eigenvalue weighted by molar-refractivity contribution is 0.489. The zero-order valence-electron chi connectivity index (χ0n) is 11.9. The molecule has 1 unspecified atom stereocenters. The lowest BCUT2D eigenvalue weighted by Crippen LogP contribution is -2.31. The highest BCUT2D eigenvalue weighted by Gasteiger charge is 2.17. The van der Waals surface area contributed by atoms with Crippen molar-refractivity contribution in [3.05, 3.63) is 53.4 Å². The van der Waals surface area contributed by atoms with Crippen LogP contribution in [-0.4, -0.2) is 9.55 Å². The van der Waals surface area contributed by atoms with Crippen molar-refractivity contribution in [1.82, 2.24) is 15.0 Å². The molecule has 0 amide bonds. The van der Waals surface area contributed by atoms with Crippen LogP contribution in [0.2, 0.25) is 0 Å². The SMILES string of the molecule is CCCn1ccnc1CC(NN)c1cc(C)ccc1F. The zero-order chi connectivity index (χ0) is 14.5. The molecule has 3 N–H and O–H groups in total. The van der Waals surface area contributed by atoms with Gasteiger partial charge >= 0.3 is 0 Å². The average Bonchev–Trinajstić information content (AvgIpc) is 2.87. The van der Waals surface area contributed by atoms with Crippen LogP contribution in [0.25, 0.3) is 0 Å². The van der Waals surface area contributed by atoms with E-state index in [2.05, 4.69) is 21.9 Å². The molecule has 1 atom stereocenters. The van der Waals surface area contributed by atoms with E-state index in [9.17, 15) is 4.39 Å². The van der Waals surface area contributed by atoms with Gasteiger partial charge in [-0.05, 0) is 19.4 Å². The minimum Gasteiger partial charge on any atom is -0.335 e. The van der Waals surface area contributed by atoms with Crippen LogP contribution in [0.4, 0.5) is 4.39 Å². The second-order valence-electron chi connectivity index (χ2n) is 4.99. The fraction of sp³-hybridized carbons (Fsp3) is 0.400. The number of imidazole rings is 1. The van der Waals surface area contributed by atoms with Crippen LogP contribution >= 0.6 is 0 Å². The van der Waals surface area contributed by atoms with Gasteiger partial charge in [-0.25, -0.2) is 9.37 Å². The molecule has 0 spiro atoms. The predicted octanol–water partition coefficient (Wildman–Crippen LogP) is 2.49. The number of nitrogens with two attached hydrogens (primary N) is 1. The molecule has 5 heteroatoms. The minimum atomic E-state index is -0.284. The van der Waals surface area contributed by atoms with Crippen LogP contribution < -0.4 is 11.3 Å². The molecule has 0 saturated carbocycles. The van der Waals surface area contributed by atoms with E-state index in [0.29, 0.717) is 12.0 Å². The highest BCUT2D eigenvalue weighted by Crippen LogP contribution is 2.21. The molecule has 108 valence electrons. The van der Waals surface area contributed by atoms with Crippen LogP contribution in [0.3, 0.4) is 0 Å². The Hall–Kier alpha value is -1.72. The summed E-state index contributed by atoms with van der Waals surface area (Å²) in [5, 5.41) is 0. The van der Waals surface area contributed by atoms with E-state index >= 15 is 0 Å². The number of nitrogens with one attached hydrogen (secondary N) is 1. The van der Waals surface area contributed by atoms with Gasteiger partial charge in [0, 0.05) is 30.9 Å². The monoisotopic (exact) mass is 276 g/mol. The largest absolute Gasteiger partial charge is 0.335 e. The normalized spacial score (nSPS) is 12.6. The number of hydrogen-bond acceptors (Lipinski definition) is 3. The summed E-state index contributed by atoms with van der Waals surface area (Å²) in [6, 6.07) is 4.78. The van der Waals surface area contributed by atoms with Gasteiger partial charge in [-0.2, -0.15) is 0 Å². The van der Waals surface area contributed by atoms with Gasteiger partial charge in [0.25, 0.3) is 0 Å². The van der Waals surface area contributed by atoms with E-state index in [1.54, 1.807) is 12.3 Å². The summed E-state index contributed by atoms with van der Waals surface area (Å²) in [4.78, 5) is 4.35. The molecule has 1 aromatic carbocycles. The smallest absolute Gasteiger partial charge is 0.128 e. The summed E-state index contributed by atoms with van der Waals surface area (Å²) in [6.45, 7) is 4.96. The Labute approximate surface area is 118 Å². The summed E-state index contributed by atoms with van der Waals surface area (Å²) in [7, 11) is 0. The Morgan fingerprint density at radius 1 is 1.45 bits per heavy atom. The second-order valence-corrected chi connectivity index (χ2v) is 4.99. The van der Waals surface area contributed by atoms with Crippen molar-refractivity contribution in [2.45, 2.75) is 39.3 Å². The molecular formula is C15H21FN4. The quantitative estimate of drug-likeness (QED) is 0.629. The molecule has 0 radical (unpaired) electrons. The first kappa shape index (κ1) is 14.7. The maximum absolute atomic E-state index is 14.0. The first-order chi connectivity index (χ1) is 9.65. The number of nitrogens with zero attached hydrogens (tertiary/aromatic N) is 2. The van der Waals surface area contributed by atoms with E-state index < -0.39 is 0 Å². The Morgan fingerprint density at radius 2 is 2.25 bits per heavy atom. The summed E-state index contributed by atoms with van der Waals surface area (Å²) in [6.07, 6.45) is 5.30. The Kier molecular flexibility index (Phi) is 4.87. The summed E-state index contributed by atoms with van der Waals surface area (Å²) in [5.41, 5.74) is 4.30. The van der Waals surface area contributed by atoms with Crippen LogP contribution in [0.5, 0.6) is 0 Å². The van der Waals surface area contributed by atoms with E-state index in [1.807, 2.05) is 19.2 Å². The summed E-state index contributed by atoms with van der Waals surface area (Å²) >= 11 is 0. The van der Waals surface area contributed by atoms with Gasteiger partial charge in [0.05, 0.1) is 6.04 Å². The topological polar surface area (TPSA) is 55.9 Å². The molecule has 2 aromatic rings. The standard InChI is InChI=1S/C15H21FN4/c1-3-7-20-8-6-18-15(20)10-14(19-17)12-9-11(2)4-5-13(12)16/h4-6,8-9,14,19H,3,7,10,17H2,1-2H3. The fourth-order valence-corrected chi connectivity index (χ4v) is 2.35. The molecule has 4 nitrogen and oxygen atoms in total. The molecule has 0 aliphatic heterocycles. The highest BCUT2D eigenvalue weighted by molar-refractivity contribution is 5.27. The van der Waals surface area contributed by atoms with Crippen molar-refractivity contribution in [3.63, 3.8) is 0 Å². The van der Waals surface area contributed by atoms with Gasteiger partial charge in [0.2, 0.25) is 0 Å². The third-order valence-corrected chi connectivity index (χ3v) is 3.38. The number of aromatic nitrogens is 2. The van der Waals surface area contributed by atoms with Crippen LogP contribution in [0.15, 0.2) is 30.6 Å². The van der Waals surface area contributed by atoms with Crippen molar-refractivity contribution in [1.29, 1.82) is 0 Å². The van der Waals surface area contributed by atoms with E-state index in [1.165, 1.54) is 6.07 Å². The van der Waals surface area contributed by atoms with E-state index in [0.717, 1.165) is 24.4 Å². The van der Waals surface area contributed by atoms with Gasteiger partial charge in [-0.15, -0.1) is 0 Å². The van der Waals surface area contributed by atoms with Crippen molar-refractivity contribution in [3.8, 4) is 0 Å². The van der Waals surface area contributed by atoms with Crippen molar-refractivity contribution in [2.75, 3.05) is 0 Å². The van der Waals surface area contributed by atoms with Gasteiger partial charge in [0.15, 0.2) is 0 Å². The minimum absolute atomic E-state index is 0.243. The Morgan fingerprint density at radius 3 is 2.95 bits per heavy atom. The third kappa shape index (κ3) is 3.23. The maximum atomic E-state index is 14.0. The van der Waals surface area contributed by atoms with Crippen LogP contribution in [-0.2, 0) is 13.0 Å². The van der Waals surface area contributed by atoms with Crippen molar-refractivity contribution in [2.24, 2.45) is 5.84 Å². The fourth-order valence-electron chi connectivity index (χ4n) is 2.35. The van der Waals surface area contributed by atoms with Gasteiger partial charge in [-0.1, -0.05) is 24.6 Å². The Bertz CT molecular complexity index is 565. The number of benzene rings is 1. The molecular weight excluding hydrogens is 255 g/mol. The number of halogens is 1. The molecule has 20 heavy (non-hydrogen) atoms. The molecule has 1 aromatic heterocycles. The number of rotatable bonds is 6. The summed E-state index contributed by atoms with van der Waals surface area (Å²) < 4.78 is 16.0. The van der Waals surface area contributed by atoms with Crippen LogP contribution in [0.1, 0.15) is 36.3 Å². The number of hydrogen-bond donors (Lipinski definition) is 2. The van der Waals surface area contributed by atoms with Crippen molar-refractivity contribution < 1.29 is 4.39 Å². The highest BCUT2D eigenvalue weighted by atomic mass is 19.1. The molecule has 0 fully saturated rings. The zero-order valence-corrected chi connectivity index (χ0v) is 11.9.